The van der Waals surface area contributed by atoms with Gasteiger partial charge in [-0.25, -0.2) is 8.42 Å². The lowest BCUT2D eigenvalue weighted by Gasteiger charge is -2.29. The molecule has 1 aromatic rings. The Labute approximate surface area is 132 Å². The Hall–Kier alpha value is -1.27. The lowest BCUT2D eigenvalue weighted by atomic mass is 10.1. The molecule has 5 nitrogen and oxygen atoms in total. The lowest BCUT2D eigenvalue weighted by Crippen LogP contribution is -2.44. The van der Waals surface area contributed by atoms with Gasteiger partial charge >= 0.3 is 0 Å². The summed E-state index contributed by atoms with van der Waals surface area (Å²) in [5, 5.41) is -0.627. The van der Waals surface area contributed by atoms with Crippen molar-refractivity contribution in [1.29, 1.82) is 0 Å². The zero-order valence-corrected chi connectivity index (χ0v) is 14.6. The van der Waals surface area contributed by atoms with Crippen LogP contribution in [0.2, 0.25) is 0 Å². The van der Waals surface area contributed by atoms with Crippen molar-refractivity contribution in [3.63, 3.8) is 0 Å². The number of hydrogen-bond donors (Lipinski definition) is 1. The van der Waals surface area contributed by atoms with E-state index < -0.39 is 21.1 Å². The van der Waals surface area contributed by atoms with Gasteiger partial charge in [0.2, 0.25) is 0 Å². The van der Waals surface area contributed by atoms with Crippen LogP contribution in [0.3, 0.4) is 0 Å². The zero-order chi connectivity index (χ0) is 15.7. The third-order valence-electron chi connectivity index (χ3n) is 3.78. The number of amides is 1. The SMILES string of the molecule is Cc1ccc(N)cc1C(=O)N(C)C(C)C(C)S(C)(=O)=O.Cl. The Morgan fingerprint density at radius 1 is 1.29 bits per heavy atom. The Bertz CT molecular complexity index is 617. The number of halogens is 1. The Morgan fingerprint density at radius 2 is 1.81 bits per heavy atom. The molecule has 120 valence electrons. The normalized spacial score (nSPS) is 14.0. The van der Waals surface area contributed by atoms with E-state index >= 15 is 0 Å². The summed E-state index contributed by atoms with van der Waals surface area (Å²) in [6.45, 7) is 5.16. The molecule has 2 unspecified atom stereocenters. The number of nitrogens with zero attached hydrogens (tertiary/aromatic N) is 1. The van der Waals surface area contributed by atoms with Crippen molar-refractivity contribution in [1.82, 2.24) is 4.90 Å². The maximum Gasteiger partial charge on any atom is 0.254 e. The lowest BCUT2D eigenvalue weighted by molar-refractivity contribution is 0.0742. The van der Waals surface area contributed by atoms with Crippen molar-refractivity contribution in [3.05, 3.63) is 29.3 Å². The van der Waals surface area contributed by atoms with E-state index in [-0.39, 0.29) is 18.3 Å². The van der Waals surface area contributed by atoms with Crippen LogP contribution < -0.4 is 5.73 Å². The highest BCUT2D eigenvalue weighted by molar-refractivity contribution is 7.91. The second-order valence-electron chi connectivity index (χ2n) is 5.27. The number of nitrogens with two attached hydrogens (primary N) is 1. The minimum absolute atomic E-state index is 0. The van der Waals surface area contributed by atoms with E-state index in [0.29, 0.717) is 11.3 Å². The van der Waals surface area contributed by atoms with Gasteiger partial charge in [-0.2, -0.15) is 0 Å². The molecule has 0 fully saturated rings. The molecule has 1 rings (SSSR count). The average molecular weight is 335 g/mol. The van der Waals surface area contributed by atoms with E-state index in [1.165, 1.54) is 11.2 Å². The molecule has 0 radical (unpaired) electrons. The molecule has 0 saturated carbocycles. The van der Waals surface area contributed by atoms with Gasteiger partial charge in [-0.1, -0.05) is 6.07 Å². The molecule has 1 amide bonds. The van der Waals surface area contributed by atoms with E-state index in [4.69, 9.17) is 5.73 Å². The highest BCUT2D eigenvalue weighted by atomic mass is 35.5. The van der Waals surface area contributed by atoms with E-state index in [1.54, 1.807) is 39.1 Å². The molecule has 0 saturated heterocycles. The van der Waals surface area contributed by atoms with Gasteiger partial charge in [-0.05, 0) is 38.5 Å². The van der Waals surface area contributed by atoms with Crippen molar-refractivity contribution < 1.29 is 13.2 Å². The second kappa shape index (κ2) is 7.13. The number of nitrogen functional groups attached to an aromatic ring is 1. The fourth-order valence-electron chi connectivity index (χ4n) is 1.92. The Morgan fingerprint density at radius 3 is 2.29 bits per heavy atom. The summed E-state index contributed by atoms with van der Waals surface area (Å²) in [6.07, 6.45) is 1.18. The third kappa shape index (κ3) is 4.61. The van der Waals surface area contributed by atoms with Crippen LogP contribution in [0.5, 0.6) is 0 Å². The Balaban J connectivity index is 0.00000400. The fraction of sp³-hybridized carbons (Fsp3) is 0.500. The van der Waals surface area contributed by atoms with Crippen molar-refractivity contribution in [2.45, 2.75) is 32.1 Å². The first-order valence-corrected chi connectivity index (χ1v) is 8.33. The third-order valence-corrected chi connectivity index (χ3v) is 5.52. The molecular weight excluding hydrogens is 312 g/mol. The van der Waals surface area contributed by atoms with Crippen molar-refractivity contribution in [2.24, 2.45) is 0 Å². The molecule has 0 spiro atoms. The molecule has 0 heterocycles. The largest absolute Gasteiger partial charge is 0.399 e. The highest BCUT2D eigenvalue weighted by Crippen LogP contribution is 2.18. The monoisotopic (exact) mass is 334 g/mol. The molecule has 7 heteroatoms. The van der Waals surface area contributed by atoms with Crippen LogP contribution in [0.4, 0.5) is 5.69 Å². The van der Waals surface area contributed by atoms with Crippen molar-refractivity contribution in [2.75, 3.05) is 19.0 Å². The molecule has 0 aliphatic heterocycles. The van der Waals surface area contributed by atoms with Crippen LogP contribution in [0.1, 0.15) is 29.8 Å². The predicted octanol–water partition coefficient (Wildman–Crippen LogP) is 1.89. The van der Waals surface area contributed by atoms with Crippen LogP contribution in [-0.4, -0.2) is 43.8 Å². The summed E-state index contributed by atoms with van der Waals surface area (Å²) in [5.41, 5.74) is 7.53. The van der Waals surface area contributed by atoms with Crippen LogP contribution in [0.25, 0.3) is 0 Å². The maximum atomic E-state index is 12.5. The van der Waals surface area contributed by atoms with Crippen LogP contribution in [-0.2, 0) is 9.84 Å². The minimum Gasteiger partial charge on any atom is -0.399 e. The molecule has 21 heavy (non-hydrogen) atoms. The number of rotatable bonds is 4. The topological polar surface area (TPSA) is 80.5 Å². The van der Waals surface area contributed by atoms with Crippen molar-refractivity contribution in [3.8, 4) is 0 Å². The zero-order valence-electron chi connectivity index (χ0n) is 13.0. The molecule has 2 N–H and O–H groups in total. The number of benzene rings is 1. The van der Waals surface area contributed by atoms with E-state index in [0.717, 1.165) is 5.56 Å². The fourth-order valence-corrected chi connectivity index (χ4v) is 2.82. The smallest absolute Gasteiger partial charge is 0.254 e. The number of aryl methyl sites for hydroxylation is 1. The summed E-state index contributed by atoms with van der Waals surface area (Å²) in [5.74, 6) is -0.224. The molecule has 0 aliphatic rings. The number of carbonyl (C=O) groups excluding carboxylic acids is 1. The van der Waals surface area contributed by atoms with Gasteiger partial charge in [0, 0.05) is 30.6 Å². The molecule has 1 aromatic carbocycles. The number of hydrogen-bond acceptors (Lipinski definition) is 4. The summed E-state index contributed by atoms with van der Waals surface area (Å²) >= 11 is 0. The standard InChI is InChI=1S/C14H22N2O3S.ClH/c1-9-6-7-12(15)8-13(9)14(17)16(4)10(2)11(3)20(5,18)19;/h6-8,10-11H,15H2,1-5H3;1H. The molecule has 0 aromatic heterocycles. The van der Waals surface area contributed by atoms with Gasteiger partial charge < -0.3 is 10.6 Å². The second-order valence-corrected chi connectivity index (χ2v) is 7.67. The van der Waals surface area contributed by atoms with Gasteiger partial charge in [0.05, 0.1) is 5.25 Å². The maximum absolute atomic E-state index is 12.5. The predicted molar refractivity (Wildman–Crippen MR) is 88.7 cm³/mol. The van der Waals surface area contributed by atoms with Crippen LogP contribution in [0, 0.1) is 6.92 Å². The van der Waals surface area contributed by atoms with Gasteiger partial charge in [0.25, 0.3) is 5.91 Å². The quantitative estimate of drug-likeness (QED) is 0.853. The summed E-state index contributed by atoms with van der Waals surface area (Å²) < 4.78 is 23.2. The number of sulfone groups is 1. The summed E-state index contributed by atoms with van der Waals surface area (Å²) in [4.78, 5) is 13.9. The average Bonchev–Trinajstić information content (AvgIpc) is 2.37. The van der Waals surface area contributed by atoms with Gasteiger partial charge in [-0.3, -0.25) is 4.79 Å². The number of anilines is 1. The minimum atomic E-state index is -3.20. The Kier molecular flexibility index (Phi) is 6.70. The first kappa shape index (κ1) is 19.7. The van der Waals surface area contributed by atoms with Gasteiger partial charge in [0.15, 0.2) is 9.84 Å². The number of carbonyl (C=O) groups is 1. The van der Waals surface area contributed by atoms with Gasteiger partial charge in [-0.15, -0.1) is 12.4 Å². The van der Waals surface area contributed by atoms with E-state index in [2.05, 4.69) is 0 Å². The van der Waals surface area contributed by atoms with E-state index in [9.17, 15) is 13.2 Å². The highest BCUT2D eigenvalue weighted by Gasteiger charge is 2.29. The van der Waals surface area contributed by atoms with Crippen molar-refractivity contribution >= 4 is 33.8 Å². The summed E-state index contributed by atoms with van der Waals surface area (Å²) in [7, 11) is -1.59. The molecular formula is C14H23ClN2O3S. The first-order chi connectivity index (χ1) is 9.05. The first-order valence-electron chi connectivity index (χ1n) is 6.38. The van der Waals surface area contributed by atoms with Crippen LogP contribution >= 0.6 is 12.4 Å². The van der Waals surface area contributed by atoms with Gasteiger partial charge in [0.1, 0.15) is 0 Å². The molecule has 2 atom stereocenters. The van der Waals surface area contributed by atoms with Crippen LogP contribution in [0.15, 0.2) is 18.2 Å². The summed E-state index contributed by atoms with van der Waals surface area (Å²) in [6, 6.07) is 4.71. The van der Waals surface area contributed by atoms with E-state index in [1.807, 2.05) is 6.92 Å². The molecule has 0 bridgehead atoms. The molecule has 0 aliphatic carbocycles.